The molecule has 4 heteroatoms. The maximum atomic E-state index is 12.3. The number of aromatic nitrogens is 1. The van der Waals surface area contributed by atoms with E-state index in [0.29, 0.717) is 11.3 Å². The Bertz CT molecular complexity index is 901. The number of anilines is 3. The molecular weight excluding hydrogens is 310 g/mol. The van der Waals surface area contributed by atoms with Crippen molar-refractivity contribution < 1.29 is 4.79 Å². The molecule has 1 amide bonds. The normalized spacial score (nSPS) is 10.4. The summed E-state index contributed by atoms with van der Waals surface area (Å²) in [6, 6.07) is 17.5. The summed E-state index contributed by atoms with van der Waals surface area (Å²) in [5.74, 6) is 0.609. The van der Waals surface area contributed by atoms with Gasteiger partial charge in [0.25, 0.3) is 5.91 Å². The van der Waals surface area contributed by atoms with E-state index in [0.717, 1.165) is 22.6 Å². The molecule has 1 heterocycles. The Morgan fingerprint density at radius 3 is 2.44 bits per heavy atom. The predicted octanol–water partition coefficient (Wildman–Crippen LogP) is 5.00. The summed E-state index contributed by atoms with van der Waals surface area (Å²) in [4.78, 5) is 16.7. The zero-order chi connectivity index (χ0) is 17.8. The summed E-state index contributed by atoms with van der Waals surface area (Å²) in [5.41, 5.74) is 5.66. The van der Waals surface area contributed by atoms with Gasteiger partial charge in [-0.05, 0) is 61.7 Å². The van der Waals surface area contributed by atoms with E-state index in [1.807, 2.05) is 43.3 Å². The van der Waals surface area contributed by atoms with Crippen LogP contribution in [0.3, 0.4) is 0 Å². The van der Waals surface area contributed by atoms with Gasteiger partial charge in [0.2, 0.25) is 0 Å². The van der Waals surface area contributed by atoms with Crippen LogP contribution in [-0.4, -0.2) is 10.9 Å². The Morgan fingerprint density at radius 1 is 0.920 bits per heavy atom. The molecule has 0 aliphatic carbocycles. The lowest BCUT2D eigenvalue weighted by Gasteiger charge is -2.11. The minimum Gasteiger partial charge on any atom is -0.340 e. The number of carbonyl (C=O) groups excluding carboxylic acids is 1. The van der Waals surface area contributed by atoms with E-state index in [2.05, 4.69) is 47.7 Å². The molecule has 3 aromatic rings. The Balaban J connectivity index is 1.71. The molecule has 0 fully saturated rings. The van der Waals surface area contributed by atoms with Crippen LogP contribution in [0.1, 0.15) is 27.0 Å². The summed E-state index contributed by atoms with van der Waals surface area (Å²) < 4.78 is 0. The molecule has 2 aromatic carbocycles. The van der Waals surface area contributed by atoms with Crippen LogP contribution in [0.5, 0.6) is 0 Å². The minimum atomic E-state index is -0.130. The molecule has 1 aromatic heterocycles. The van der Waals surface area contributed by atoms with Crippen LogP contribution in [-0.2, 0) is 0 Å². The highest BCUT2D eigenvalue weighted by molar-refractivity contribution is 6.05. The van der Waals surface area contributed by atoms with Gasteiger partial charge in [-0.25, -0.2) is 4.98 Å². The van der Waals surface area contributed by atoms with Gasteiger partial charge in [0, 0.05) is 11.3 Å². The molecule has 126 valence electrons. The molecule has 0 aliphatic rings. The van der Waals surface area contributed by atoms with Crippen molar-refractivity contribution in [2.75, 3.05) is 10.6 Å². The minimum absolute atomic E-state index is 0.130. The van der Waals surface area contributed by atoms with Gasteiger partial charge in [-0.2, -0.15) is 0 Å². The third-order valence-corrected chi connectivity index (χ3v) is 4.07. The lowest BCUT2D eigenvalue weighted by molar-refractivity contribution is 0.102. The molecule has 4 nitrogen and oxygen atoms in total. The first-order valence-corrected chi connectivity index (χ1v) is 8.20. The molecule has 2 N–H and O–H groups in total. The maximum absolute atomic E-state index is 12.3. The molecule has 25 heavy (non-hydrogen) atoms. The zero-order valence-corrected chi connectivity index (χ0v) is 14.6. The van der Waals surface area contributed by atoms with Crippen LogP contribution in [0, 0.1) is 20.8 Å². The van der Waals surface area contributed by atoms with Gasteiger partial charge in [0.15, 0.2) is 0 Å². The van der Waals surface area contributed by atoms with Crippen LogP contribution in [0.25, 0.3) is 0 Å². The number of hydrogen-bond donors (Lipinski definition) is 2. The van der Waals surface area contributed by atoms with Crippen molar-refractivity contribution in [3.05, 3.63) is 83.0 Å². The Labute approximate surface area is 147 Å². The lowest BCUT2D eigenvalue weighted by Crippen LogP contribution is -2.13. The fourth-order valence-corrected chi connectivity index (χ4v) is 2.58. The first kappa shape index (κ1) is 16.7. The third-order valence-electron chi connectivity index (χ3n) is 4.07. The van der Waals surface area contributed by atoms with Crippen molar-refractivity contribution in [3.63, 3.8) is 0 Å². The van der Waals surface area contributed by atoms with E-state index in [9.17, 15) is 4.79 Å². The topological polar surface area (TPSA) is 54.0 Å². The van der Waals surface area contributed by atoms with Gasteiger partial charge in [-0.3, -0.25) is 4.79 Å². The average molecular weight is 331 g/mol. The fraction of sp³-hybridized carbons (Fsp3) is 0.143. The highest BCUT2D eigenvalue weighted by Gasteiger charge is 2.09. The number of aryl methyl sites for hydroxylation is 3. The van der Waals surface area contributed by atoms with Crippen molar-refractivity contribution in [3.8, 4) is 0 Å². The van der Waals surface area contributed by atoms with E-state index in [1.54, 1.807) is 6.20 Å². The van der Waals surface area contributed by atoms with Crippen molar-refractivity contribution >= 4 is 23.1 Å². The number of amides is 1. The summed E-state index contributed by atoms with van der Waals surface area (Å²) >= 11 is 0. The van der Waals surface area contributed by atoms with E-state index >= 15 is 0 Å². The smallest absolute Gasteiger partial charge is 0.255 e. The molecule has 0 radical (unpaired) electrons. The highest BCUT2D eigenvalue weighted by atomic mass is 16.1. The molecule has 0 bridgehead atoms. The lowest BCUT2D eigenvalue weighted by atomic mass is 10.1. The summed E-state index contributed by atoms with van der Waals surface area (Å²) in [6.07, 6.45) is 1.66. The second kappa shape index (κ2) is 7.18. The number of rotatable bonds is 4. The third kappa shape index (κ3) is 4.04. The largest absolute Gasteiger partial charge is 0.340 e. The summed E-state index contributed by atoms with van der Waals surface area (Å²) in [6.45, 7) is 6.03. The Hall–Kier alpha value is -3.14. The van der Waals surface area contributed by atoms with E-state index in [-0.39, 0.29) is 5.91 Å². The SMILES string of the molecule is Cc1ccc(C)c(Nc2ccc(NC(=O)c3ccccc3C)cn2)c1. The number of nitrogens with one attached hydrogen (secondary N) is 2. The molecular formula is C21H21N3O. The number of nitrogens with zero attached hydrogens (tertiary/aromatic N) is 1. The van der Waals surface area contributed by atoms with Crippen LogP contribution >= 0.6 is 0 Å². The van der Waals surface area contributed by atoms with Gasteiger partial charge in [-0.15, -0.1) is 0 Å². The van der Waals surface area contributed by atoms with Crippen LogP contribution in [0.15, 0.2) is 60.8 Å². The monoisotopic (exact) mass is 331 g/mol. The first-order chi connectivity index (χ1) is 12.0. The Morgan fingerprint density at radius 2 is 1.72 bits per heavy atom. The van der Waals surface area contributed by atoms with Crippen molar-refractivity contribution in [2.45, 2.75) is 20.8 Å². The molecule has 3 rings (SSSR count). The average Bonchev–Trinajstić information content (AvgIpc) is 2.60. The maximum Gasteiger partial charge on any atom is 0.255 e. The Kier molecular flexibility index (Phi) is 4.80. The second-order valence-electron chi connectivity index (χ2n) is 6.14. The van der Waals surface area contributed by atoms with E-state index in [4.69, 9.17) is 0 Å². The van der Waals surface area contributed by atoms with Crippen molar-refractivity contribution in [1.29, 1.82) is 0 Å². The first-order valence-electron chi connectivity index (χ1n) is 8.20. The number of carbonyl (C=O) groups is 1. The van der Waals surface area contributed by atoms with Gasteiger partial charge in [0.1, 0.15) is 5.82 Å². The molecule has 0 saturated carbocycles. The van der Waals surface area contributed by atoms with Crippen molar-refractivity contribution in [2.24, 2.45) is 0 Å². The second-order valence-corrected chi connectivity index (χ2v) is 6.14. The standard InChI is InChI=1S/C21H21N3O/c1-14-8-9-16(3)19(12-14)24-20-11-10-17(13-22-20)23-21(25)18-7-5-4-6-15(18)2/h4-13H,1-3H3,(H,22,24)(H,23,25). The summed E-state index contributed by atoms with van der Waals surface area (Å²) in [7, 11) is 0. The number of benzene rings is 2. The van der Waals surface area contributed by atoms with Crippen LogP contribution in [0.2, 0.25) is 0 Å². The van der Waals surface area contributed by atoms with Gasteiger partial charge in [0.05, 0.1) is 11.9 Å². The van der Waals surface area contributed by atoms with Crippen LogP contribution < -0.4 is 10.6 Å². The van der Waals surface area contributed by atoms with Crippen LogP contribution in [0.4, 0.5) is 17.2 Å². The molecule has 0 saturated heterocycles. The van der Waals surface area contributed by atoms with Gasteiger partial charge >= 0.3 is 0 Å². The predicted molar refractivity (Wildman–Crippen MR) is 103 cm³/mol. The quantitative estimate of drug-likeness (QED) is 0.707. The number of hydrogen-bond acceptors (Lipinski definition) is 3. The highest BCUT2D eigenvalue weighted by Crippen LogP contribution is 2.21. The molecule has 0 unspecified atom stereocenters. The molecule has 0 spiro atoms. The van der Waals surface area contributed by atoms with Gasteiger partial charge in [-0.1, -0.05) is 30.3 Å². The number of pyridine rings is 1. The molecule has 0 atom stereocenters. The summed E-state index contributed by atoms with van der Waals surface area (Å²) in [5, 5.41) is 6.19. The molecule has 0 aliphatic heterocycles. The fourth-order valence-electron chi connectivity index (χ4n) is 2.58. The van der Waals surface area contributed by atoms with Gasteiger partial charge < -0.3 is 10.6 Å². The van der Waals surface area contributed by atoms with E-state index in [1.165, 1.54) is 5.56 Å². The van der Waals surface area contributed by atoms with E-state index < -0.39 is 0 Å². The van der Waals surface area contributed by atoms with Crippen molar-refractivity contribution in [1.82, 2.24) is 4.98 Å². The zero-order valence-electron chi connectivity index (χ0n) is 14.6.